The molecule has 2 bridgehead atoms. The molecule has 0 aromatic rings. The fourth-order valence-corrected chi connectivity index (χ4v) is 2.69. The maximum Gasteiger partial charge on any atom is 0.0715 e. The van der Waals surface area contributed by atoms with Crippen LogP contribution in [0.25, 0.3) is 0 Å². The van der Waals surface area contributed by atoms with Crippen LogP contribution in [0.5, 0.6) is 0 Å². The number of allylic oxidation sites excluding steroid dienone is 2. The molecule has 0 radical (unpaired) electrons. The van der Waals surface area contributed by atoms with E-state index in [1.54, 1.807) is 0 Å². The number of rotatable bonds is 4. The minimum absolute atomic E-state index is 0.576. The van der Waals surface area contributed by atoms with Crippen LogP contribution < -0.4 is 5.32 Å². The molecule has 0 amide bonds. The van der Waals surface area contributed by atoms with Crippen molar-refractivity contribution < 1.29 is 5.11 Å². The van der Waals surface area contributed by atoms with Crippen molar-refractivity contribution in [1.82, 2.24) is 5.32 Å². The molecular weight excluding hydrogens is 174 g/mol. The topological polar surface area (TPSA) is 32.3 Å². The number of hydrogen-bond donors (Lipinski definition) is 2. The van der Waals surface area contributed by atoms with Crippen molar-refractivity contribution in [2.24, 2.45) is 17.8 Å². The van der Waals surface area contributed by atoms with Gasteiger partial charge in [0.1, 0.15) is 0 Å². The Hall–Kier alpha value is -0.340. The third kappa shape index (κ3) is 2.37. The van der Waals surface area contributed by atoms with Crippen molar-refractivity contribution in [3.8, 4) is 0 Å². The fourth-order valence-electron chi connectivity index (χ4n) is 2.69. The summed E-state index contributed by atoms with van der Waals surface area (Å²) >= 11 is 0. The minimum atomic E-state index is -0.576. The molecule has 2 aliphatic rings. The van der Waals surface area contributed by atoms with Gasteiger partial charge >= 0.3 is 0 Å². The Bertz CT molecular complexity index is 229. The molecule has 0 heterocycles. The average Bonchev–Trinajstić information content (AvgIpc) is 2.62. The van der Waals surface area contributed by atoms with Gasteiger partial charge in [0.05, 0.1) is 5.60 Å². The van der Waals surface area contributed by atoms with E-state index in [4.69, 9.17) is 0 Å². The van der Waals surface area contributed by atoms with Crippen molar-refractivity contribution in [2.75, 3.05) is 13.1 Å². The SMILES string of the molecule is CC(C)(O)CNC[C@@H]1C[C@@H]2C=C[C@H]1C2. The van der Waals surface area contributed by atoms with E-state index >= 15 is 0 Å². The first-order chi connectivity index (χ1) is 6.54. The molecule has 2 nitrogen and oxygen atoms in total. The van der Waals surface area contributed by atoms with Crippen molar-refractivity contribution in [2.45, 2.75) is 32.3 Å². The number of hydrogen-bond acceptors (Lipinski definition) is 2. The van der Waals surface area contributed by atoms with Crippen LogP contribution in [0.2, 0.25) is 0 Å². The Morgan fingerprint density at radius 1 is 1.36 bits per heavy atom. The van der Waals surface area contributed by atoms with Crippen LogP contribution in [0.15, 0.2) is 12.2 Å². The van der Waals surface area contributed by atoms with Gasteiger partial charge in [-0.2, -0.15) is 0 Å². The molecular formula is C12H21NO. The second-order valence-corrected chi connectivity index (χ2v) is 5.48. The normalized spacial score (nSPS) is 35.5. The lowest BCUT2D eigenvalue weighted by molar-refractivity contribution is 0.0783. The van der Waals surface area contributed by atoms with Crippen molar-refractivity contribution in [3.63, 3.8) is 0 Å². The van der Waals surface area contributed by atoms with Gasteiger partial charge in [-0.3, -0.25) is 0 Å². The highest BCUT2D eigenvalue weighted by molar-refractivity contribution is 5.10. The van der Waals surface area contributed by atoms with Crippen molar-refractivity contribution >= 4 is 0 Å². The molecule has 2 aliphatic carbocycles. The van der Waals surface area contributed by atoms with Gasteiger partial charge in [-0.15, -0.1) is 0 Å². The molecule has 80 valence electrons. The molecule has 2 heteroatoms. The molecule has 14 heavy (non-hydrogen) atoms. The number of fused-ring (bicyclic) bond motifs is 2. The molecule has 0 unspecified atom stereocenters. The lowest BCUT2D eigenvalue weighted by Crippen LogP contribution is -2.37. The van der Waals surface area contributed by atoms with E-state index in [9.17, 15) is 5.11 Å². The van der Waals surface area contributed by atoms with Gasteiger partial charge < -0.3 is 10.4 Å². The van der Waals surface area contributed by atoms with E-state index in [-0.39, 0.29) is 0 Å². The number of nitrogens with one attached hydrogen (secondary N) is 1. The first-order valence-electron chi connectivity index (χ1n) is 5.66. The Balaban J connectivity index is 1.70. The second-order valence-electron chi connectivity index (χ2n) is 5.48. The first-order valence-corrected chi connectivity index (χ1v) is 5.66. The van der Waals surface area contributed by atoms with Gasteiger partial charge in [0.15, 0.2) is 0 Å². The van der Waals surface area contributed by atoms with Crippen LogP contribution in [0.4, 0.5) is 0 Å². The van der Waals surface area contributed by atoms with Gasteiger partial charge in [0.2, 0.25) is 0 Å². The van der Waals surface area contributed by atoms with E-state index in [0.29, 0.717) is 6.54 Å². The van der Waals surface area contributed by atoms with Gasteiger partial charge in [-0.1, -0.05) is 12.2 Å². The molecule has 1 saturated carbocycles. The molecule has 3 atom stereocenters. The molecule has 2 rings (SSSR count). The largest absolute Gasteiger partial charge is 0.389 e. The summed E-state index contributed by atoms with van der Waals surface area (Å²) in [4.78, 5) is 0. The van der Waals surface area contributed by atoms with Crippen LogP contribution in [0, 0.1) is 17.8 Å². The summed E-state index contributed by atoms with van der Waals surface area (Å²) in [7, 11) is 0. The summed E-state index contributed by atoms with van der Waals surface area (Å²) < 4.78 is 0. The third-order valence-corrected chi connectivity index (χ3v) is 3.38. The summed E-state index contributed by atoms with van der Waals surface area (Å²) in [6.07, 6.45) is 7.47. The first kappa shape index (κ1) is 10.2. The highest BCUT2D eigenvalue weighted by Gasteiger charge is 2.35. The summed E-state index contributed by atoms with van der Waals surface area (Å²) in [5, 5.41) is 12.9. The van der Waals surface area contributed by atoms with E-state index in [2.05, 4.69) is 17.5 Å². The van der Waals surface area contributed by atoms with E-state index in [1.807, 2.05) is 13.8 Å². The molecule has 0 spiro atoms. The second kappa shape index (κ2) is 3.67. The summed E-state index contributed by atoms with van der Waals surface area (Å²) in [6.45, 7) is 5.46. The van der Waals surface area contributed by atoms with Crippen LogP contribution in [-0.2, 0) is 0 Å². The summed E-state index contributed by atoms with van der Waals surface area (Å²) in [6, 6.07) is 0. The van der Waals surface area contributed by atoms with Crippen LogP contribution >= 0.6 is 0 Å². The maximum absolute atomic E-state index is 9.55. The summed E-state index contributed by atoms with van der Waals surface area (Å²) in [5.74, 6) is 2.48. The lowest BCUT2D eigenvalue weighted by Gasteiger charge is -2.22. The van der Waals surface area contributed by atoms with Crippen LogP contribution in [-0.4, -0.2) is 23.8 Å². The van der Waals surface area contributed by atoms with Gasteiger partial charge in [0.25, 0.3) is 0 Å². The quantitative estimate of drug-likeness (QED) is 0.667. The standard InChI is InChI=1S/C12H21NO/c1-12(2,14)8-13-7-11-6-9-3-4-10(11)5-9/h3-4,9-11,13-14H,5-8H2,1-2H3/t9-,10+,11+/m1/s1. The molecule has 1 fully saturated rings. The zero-order chi connectivity index (χ0) is 10.2. The zero-order valence-electron chi connectivity index (χ0n) is 9.16. The van der Waals surface area contributed by atoms with Crippen LogP contribution in [0.3, 0.4) is 0 Å². The van der Waals surface area contributed by atoms with Crippen molar-refractivity contribution in [1.29, 1.82) is 0 Å². The van der Waals surface area contributed by atoms with E-state index < -0.39 is 5.60 Å². The minimum Gasteiger partial charge on any atom is -0.389 e. The molecule has 0 aromatic heterocycles. The third-order valence-electron chi connectivity index (χ3n) is 3.38. The van der Waals surface area contributed by atoms with Gasteiger partial charge in [-0.25, -0.2) is 0 Å². The average molecular weight is 195 g/mol. The van der Waals surface area contributed by atoms with Crippen LogP contribution in [0.1, 0.15) is 26.7 Å². The Morgan fingerprint density at radius 2 is 2.14 bits per heavy atom. The maximum atomic E-state index is 9.55. The Morgan fingerprint density at radius 3 is 2.64 bits per heavy atom. The fraction of sp³-hybridized carbons (Fsp3) is 0.833. The summed E-state index contributed by atoms with van der Waals surface area (Å²) in [5.41, 5.74) is -0.576. The molecule has 2 N–H and O–H groups in total. The Kier molecular flexibility index (Phi) is 2.67. The van der Waals surface area contributed by atoms with Gasteiger partial charge in [-0.05, 0) is 51.0 Å². The monoisotopic (exact) mass is 195 g/mol. The zero-order valence-corrected chi connectivity index (χ0v) is 9.16. The highest BCUT2D eigenvalue weighted by Crippen LogP contribution is 2.42. The highest BCUT2D eigenvalue weighted by atomic mass is 16.3. The predicted octanol–water partition coefficient (Wildman–Crippen LogP) is 1.56. The predicted molar refractivity (Wildman–Crippen MR) is 58.0 cm³/mol. The molecule has 0 aromatic carbocycles. The van der Waals surface area contributed by atoms with E-state index in [1.165, 1.54) is 12.8 Å². The van der Waals surface area contributed by atoms with Gasteiger partial charge in [0, 0.05) is 6.54 Å². The lowest BCUT2D eigenvalue weighted by atomic mass is 9.93. The smallest absolute Gasteiger partial charge is 0.0715 e. The van der Waals surface area contributed by atoms with E-state index in [0.717, 1.165) is 24.3 Å². The molecule has 0 aliphatic heterocycles. The van der Waals surface area contributed by atoms with Crippen molar-refractivity contribution in [3.05, 3.63) is 12.2 Å². The number of aliphatic hydroxyl groups is 1. The Labute approximate surface area is 86.4 Å². The molecule has 0 saturated heterocycles.